The van der Waals surface area contributed by atoms with E-state index in [1.54, 1.807) is 19.1 Å². The van der Waals surface area contributed by atoms with Crippen molar-refractivity contribution >= 4 is 11.9 Å². The molecule has 0 heterocycles. The van der Waals surface area contributed by atoms with Crippen LogP contribution in [0.25, 0.3) is 0 Å². The van der Waals surface area contributed by atoms with Crippen LogP contribution in [-0.2, 0) is 4.79 Å². The molecule has 1 aliphatic rings. The maximum atomic E-state index is 12.4. The number of hydrogen-bond acceptors (Lipinski definition) is 3. The number of urea groups is 1. The summed E-state index contributed by atoms with van der Waals surface area (Å²) < 4.78 is 5.38. The predicted octanol–water partition coefficient (Wildman–Crippen LogP) is 3.24. The van der Waals surface area contributed by atoms with Crippen molar-refractivity contribution in [3.8, 4) is 5.75 Å². The molecule has 3 amide bonds. The number of hydrogen-bond donors (Lipinski definition) is 2. The van der Waals surface area contributed by atoms with Gasteiger partial charge in [0.15, 0.2) is 0 Å². The Morgan fingerprint density at radius 1 is 1.23 bits per heavy atom. The zero-order chi connectivity index (χ0) is 18.9. The molecule has 1 fully saturated rings. The lowest BCUT2D eigenvalue weighted by atomic mass is 9.96. The number of amides is 3. The Morgan fingerprint density at radius 2 is 1.92 bits per heavy atom. The third-order valence-corrected chi connectivity index (χ3v) is 5.13. The minimum absolute atomic E-state index is 0.0126. The lowest BCUT2D eigenvalue weighted by Gasteiger charge is -2.27. The van der Waals surface area contributed by atoms with Crippen molar-refractivity contribution in [1.29, 1.82) is 0 Å². The molecule has 6 heteroatoms. The number of ether oxygens (including phenoxy) is 1. The second-order valence-electron chi connectivity index (χ2n) is 6.91. The summed E-state index contributed by atoms with van der Waals surface area (Å²) in [6.07, 6.45) is 5.97. The van der Waals surface area contributed by atoms with E-state index in [1.807, 2.05) is 31.2 Å². The molecule has 0 aromatic heterocycles. The Bertz CT molecular complexity index is 600. The second-order valence-corrected chi connectivity index (χ2v) is 6.91. The number of carbonyl (C=O) groups excluding carboxylic acids is 2. The minimum atomic E-state index is -0.176. The van der Waals surface area contributed by atoms with Crippen molar-refractivity contribution in [2.24, 2.45) is 0 Å². The molecule has 1 unspecified atom stereocenters. The highest BCUT2D eigenvalue weighted by molar-refractivity contribution is 5.78. The lowest BCUT2D eigenvalue weighted by molar-refractivity contribution is -0.131. The van der Waals surface area contributed by atoms with Gasteiger partial charge in [-0.05, 0) is 25.8 Å². The molecule has 6 nitrogen and oxygen atoms in total. The summed E-state index contributed by atoms with van der Waals surface area (Å²) in [5.74, 6) is 0.756. The third kappa shape index (κ3) is 5.64. The topological polar surface area (TPSA) is 70.7 Å². The number of methoxy groups -OCH3 is 1. The Balaban J connectivity index is 1.76. The highest BCUT2D eigenvalue weighted by Crippen LogP contribution is 2.28. The molecular formula is C20H31N3O3. The molecule has 0 aliphatic heterocycles. The molecule has 0 spiro atoms. The van der Waals surface area contributed by atoms with Gasteiger partial charge in [0, 0.05) is 31.6 Å². The van der Waals surface area contributed by atoms with Crippen molar-refractivity contribution < 1.29 is 14.3 Å². The summed E-state index contributed by atoms with van der Waals surface area (Å²) in [7, 11) is 3.41. The van der Waals surface area contributed by atoms with Gasteiger partial charge in [-0.25, -0.2) is 4.79 Å². The molecule has 1 saturated carbocycles. The summed E-state index contributed by atoms with van der Waals surface area (Å²) in [5.41, 5.74) is 0.967. The summed E-state index contributed by atoms with van der Waals surface area (Å²) in [4.78, 5) is 26.1. The van der Waals surface area contributed by atoms with E-state index in [-0.39, 0.29) is 30.4 Å². The van der Waals surface area contributed by atoms with Crippen LogP contribution in [0.2, 0.25) is 0 Å². The van der Waals surface area contributed by atoms with E-state index >= 15 is 0 Å². The fourth-order valence-electron chi connectivity index (χ4n) is 3.38. The van der Waals surface area contributed by atoms with Gasteiger partial charge >= 0.3 is 6.03 Å². The van der Waals surface area contributed by atoms with Crippen LogP contribution in [0.1, 0.15) is 57.1 Å². The smallest absolute Gasteiger partial charge is 0.315 e. The van der Waals surface area contributed by atoms with Crippen LogP contribution in [-0.4, -0.2) is 43.6 Å². The average Bonchev–Trinajstić information content (AvgIpc) is 2.67. The van der Waals surface area contributed by atoms with Gasteiger partial charge in [-0.3, -0.25) is 4.79 Å². The van der Waals surface area contributed by atoms with Crippen molar-refractivity contribution in [3.63, 3.8) is 0 Å². The molecule has 26 heavy (non-hydrogen) atoms. The van der Waals surface area contributed by atoms with Gasteiger partial charge in [-0.15, -0.1) is 0 Å². The fourth-order valence-corrected chi connectivity index (χ4v) is 3.38. The second kappa shape index (κ2) is 10.0. The normalized spacial score (nSPS) is 15.8. The highest BCUT2D eigenvalue weighted by atomic mass is 16.5. The number of carbonyl (C=O) groups is 2. The number of para-hydroxylation sites is 1. The Kier molecular flexibility index (Phi) is 7.75. The van der Waals surface area contributed by atoms with Crippen LogP contribution in [0, 0.1) is 0 Å². The van der Waals surface area contributed by atoms with Gasteiger partial charge in [0.25, 0.3) is 0 Å². The van der Waals surface area contributed by atoms with E-state index in [9.17, 15) is 9.59 Å². The maximum Gasteiger partial charge on any atom is 0.315 e. The number of rotatable bonds is 7. The van der Waals surface area contributed by atoms with Crippen LogP contribution < -0.4 is 15.4 Å². The molecular weight excluding hydrogens is 330 g/mol. The van der Waals surface area contributed by atoms with Crippen LogP contribution in [0.3, 0.4) is 0 Å². The zero-order valence-corrected chi connectivity index (χ0v) is 16.1. The van der Waals surface area contributed by atoms with Crippen LogP contribution in [0.15, 0.2) is 24.3 Å². The first kappa shape index (κ1) is 20.1. The van der Waals surface area contributed by atoms with Crippen LogP contribution in [0.4, 0.5) is 4.79 Å². The number of nitrogens with one attached hydrogen (secondary N) is 2. The first-order valence-electron chi connectivity index (χ1n) is 9.46. The summed E-state index contributed by atoms with van der Waals surface area (Å²) in [5, 5.41) is 5.79. The van der Waals surface area contributed by atoms with E-state index in [1.165, 1.54) is 19.3 Å². The Labute approximate surface area is 156 Å². The number of nitrogens with zero attached hydrogens (tertiary/aromatic N) is 1. The van der Waals surface area contributed by atoms with Crippen LogP contribution >= 0.6 is 0 Å². The molecule has 0 bridgehead atoms. The Morgan fingerprint density at radius 3 is 2.62 bits per heavy atom. The minimum Gasteiger partial charge on any atom is -0.496 e. The highest BCUT2D eigenvalue weighted by Gasteiger charge is 2.20. The number of benzene rings is 1. The van der Waals surface area contributed by atoms with E-state index in [0.29, 0.717) is 6.54 Å². The van der Waals surface area contributed by atoms with Gasteiger partial charge in [0.1, 0.15) is 5.75 Å². The molecule has 1 aromatic rings. The summed E-state index contributed by atoms with van der Waals surface area (Å²) >= 11 is 0. The van der Waals surface area contributed by atoms with E-state index in [2.05, 4.69) is 10.6 Å². The maximum absolute atomic E-state index is 12.4. The standard InChI is InChI=1S/C20H31N3O3/c1-15(17-11-7-8-12-18(17)26-3)23(2)19(24)13-14-21-20(25)22-16-9-5-4-6-10-16/h7-8,11-12,15-16H,4-6,9-10,13-14H2,1-3H3,(H2,21,22,25). The summed E-state index contributed by atoms with van der Waals surface area (Å²) in [6, 6.07) is 7.69. The molecule has 0 radical (unpaired) electrons. The van der Waals surface area contributed by atoms with Crippen molar-refractivity contribution in [3.05, 3.63) is 29.8 Å². The van der Waals surface area contributed by atoms with Crippen LogP contribution in [0.5, 0.6) is 5.75 Å². The molecule has 144 valence electrons. The zero-order valence-electron chi connectivity index (χ0n) is 16.1. The van der Waals surface area contributed by atoms with Gasteiger partial charge in [-0.2, -0.15) is 0 Å². The molecule has 1 aliphatic carbocycles. The Hall–Kier alpha value is -2.24. The largest absolute Gasteiger partial charge is 0.496 e. The molecule has 0 saturated heterocycles. The van der Waals surface area contributed by atoms with E-state index in [4.69, 9.17) is 4.74 Å². The van der Waals surface area contributed by atoms with Gasteiger partial charge < -0.3 is 20.3 Å². The first-order valence-corrected chi connectivity index (χ1v) is 9.46. The van der Waals surface area contributed by atoms with Gasteiger partial charge in [-0.1, -0.05) is 37.5 Å². The van der Waals surface area contributed by atoms with E-state index in [0.717, 1.165) is 24.2 Å². The monoisotopic (exact) mass is 361 g/mol. The van der Waals surface area contributed by atoms with Gasteiger partial charge in [0.2, 0.25) is 5.91 Å². The quantitative estimate of drug-likeness (QED) is 0.783. The summed E-state index contributed by atoms with van der Waals surface area (Å²) in [6.45, 7) is 2.30. The van der Waals surface area contributed by atoms with Crippen molar-refractivity contribution in [2.45, 2.75) is 57.5 Å². The van der Waals surface area contributed by atoms with Gasteiger partial charge in [0.05, 0.1) is 13.2 Å². The van der Waals surface area contributed by atoms with Crippen molar-refractivity contribution in [2.75, 3.05) is 20.7 Å². The van der Waals surface area contributed by atoms with E-state index < -0.39 is 0 Å². The molecule has 1 aromatic carbocycles. The average molecular weight is 361 g/mol. The predicted molar refractivity (Wildman–Crippen MR) is 102 cm³/mol. The fraction of sp³-hybridized carbons (Fsp3) is 0.600. The third-order valence-electron chi connectivity index (χ3n) is 5.13. The molecule has 2 N–H and O–H groups in total. The van der Waals surface area contributed by atoms with Crippen molar-refractivity contribution in [1.82, 2.24) is 15.5 Å². The first-order chi connectivity index (χ1) is 12.5. The molecule has 1 atom stereocenters. The SMILES string of the molecule is COc1ccccc1C(C)N(C)C(=O)CCNC(=O)NC1CCCCC1. The molecule has 2 rings (SSSR count). The lowest BCUT2D eigenvalue weighted by Crippen LogP contribution is -2.44.